The normalized spacial score (nSPS) is 10.8. The Hall–Kier alpha value is -1.65. The molecule has 1 aromatic carbocycles. The smallest absolute Gasteiger partial charge is 0.193 e. The van der Waals surface area contributed by atoms with Gasteiger partial charge in [0.05, 0.1) is 6.20 Å². The van der Waals surface area contributed by atoms with Crippen LogP contribution in [0.25, 0.3) is 10.9 Å². The molecule has 5 heteroatoms. The molecular formula is C7H4F2N2O. The van der Waals surface area contributed by atoms with Crippen LogP contribution in [-0.2, 0) is 0 Å². The maximum atomic E-state index is 12.9. The summed E-state index contributed by atoms with van der Waals surface area (Å²) >= 11 is 0. The second-order valence-corrected chi connectivity index (χ2v) is 2.36. The minimum absolute atomic E-state index is 0.00824. The van der Waals surface area contributed by atoms with Crippen LogP contribution >= 0.6 is 0 Å². The summed E-state index contributed by atoms with van der Waals surface area (Å²) in [7, 11) is 0. The van der Waals surface area contributed by atoms with Crippen LogP contribution in [-0.4, -0.2) is 15.3 Å². The molecule has 0 bridgehead atoms. The van der Waals surface area contributed by atoms with Crippen molar-refractivity contribution < 1.29 is 13.9 Å². The van der Waals surface area contributed by atoms with E-state index in [9.17, 15) is 8.78 Å². The first-order valence-electron chi connectivity index (χ1n) is 3.20. The van der Waals surface area contributed by atoms with Crippen molar-refractivity contribution in [1.29, 1.82) is 0 Å². The fraction of sp³-hybridized carbons (Fsp3) is 0. The summed E-state index contributed by atoms with van der Waals surface area (Å²) in [6, 6.07) is 1.01. The molecule has 1 heterocycles. The van der Waals surface area contributed by atoms with E-state index in [1.54, 1.807) is 0 Å². The lowest BCUT2D eigenvalue weighted by atomic mass is 10.2. The quantitative estimate of drug-likeness (QED) is 0.630. The van der Waals surface area contributed by atoms with Gasteiger partial charge in [0.2, 0.25) is 0 Å². The van der Waals surface area contributed by atoms with Gasteiger partial charge in [-0.1, -0.05) is 0 Å². The van der Waals surface area contributed by atoms with Crippen molar-refractivity contribution >= 4 is 10.9 Å². The van der Waals surface area contributed by atoms with E-state index < -0.39 is 17.4 Å². The van der Waals surface area contributed by atoms with Gasteiger partial charge in [-0.2, -0.15) is 5.10 Å². The lowest BCUT2D eigenvalue weighted by Crippen LogP contribution is -1.84. The Labute approximate surface area is 65.6 Å². The highest BCUT2D eigenvalue weighted by Crippen LogP contribution is 2.26. The van der Waals surface area contributed by atoms with E-state index in [-0.39, 0.29) is 5.52 Å². The number of hydrogen-bond acceptors (Lipinski definition) is 2. The van der Waals surface area contributed by atoms with Crippen LogP contribution in [0, 0.1) is 11.6 Å². The average Bonchev–Trinajstić information content (AvgIpc) is 2.48. The summed E-state index contributed by atoms with van der Waals surface area (Å²) in [6.45, 7) is 0. The Bertz CT molecular complexity index is 438. The number of phenols is 1. The van der Waals surface area contributed by atoms with E-state index in [0.717, 1.165) is 6.07 Å². The molecule has 0 aliphatic heterocycles. The molecule has 1 aromatic heterocycles. The third-order valence-electron chi connectivity index (χ3n) is 1.60. The van der Waals surface area contributed by atoms with Crippen LogP contribution in [0.3, 0.4) is 0 Å². The van der Waals surface area contributed by atoms with Crippen LogP contribution in [0.5, 0.6) is 5.75 Å². The molecule has 12 heavy (non-hydrogen) atoms. The van der Waals surface area contributed by atoms with Crippen LogP contribution in [0.1, 0.15) is 0 Å². The number of fused-ring (bicyclic) bond motifs is 1. The van der Waals surface area contributed by atoms with E-state index in [1.165, 1.54) is 6.20 Å². The molecule has 3 nitrogen and oxygen atoms in total. The number of aromatic amines is 1. The highest BCUT2D eigenvalue weighted by molar-refractivity contribution is 5.80. The standard InChI is InChI=1S/C7H4F2N2O/c8-4-1-3-2-10-11-6(3)5(9)7(4)12/h1-2,12H,(H,10,11). The molecule has 2 rings (SSSR count). The number of aromatic hydroxyl groups is 1. The van der Waals surface area contributed by atoms with Crippen molar-refractivity contribution in [3.05, 3.63) is 23.9 Å². The summed E-state index contributed by atoms with van der Waals surface area (Å²) in [5.41, 5.74) is 0.00824. The van der Waals surface area contributed by atoms with Crippen molar-refractivity contribution in [2.45, 2.75) is 0 Å². The van der Waals surface area contributed by atoms with Crippen LogP contribution in [0.15, 0.2) is 12.3 Å². The first-order valence-corrected chi connectivity index (χ1v) is 3.20. The summed E-state index contributed by atoms with van der Waals surface area (Å²) in [4.78, 5) is 0. The van der Waals surface area contributed by atoms with Gasteiger partial charge >= 0.3 is 0 Å². The number of rotatable bonds is 0. The van der Waals surface area contributed by atoms with Gasteiger partial charge in [-0.15, -0.1) is 0 Å². The molecule has 0 unspecified atom stereocenters. The molecule has 0 saturated carbocycles. The molecule has 2 aromatic rings. The van der Waals surface area contributed by atoms with Crippen LogP contribution in [0.2, 0.25) is 0 Å². The van der Waals surface area contributed by atoms with Crippen molar-refractivity contribution in [3.63, 3.8) is 0 Å². The Kier molecular flexibility index (Phi) is 1.27. The zero-order chi connectivity index (χ0) is 8.72. The predicted molar refractivity (Wildman–Crippen MR) is 37.7 cm³/mol. The molecule has 62 valence electrons. The Morgan fingerprint density at radius 1 is 1.42 bits per heavy atom. The first kappa shape index (κ1) is 7.02. The molecule has 0 aliphatic carbocycles. The Morgan fingerprint density at radius 2 is 2.17 bits per heavy atom. The fourth-order valence-corrected chi connectivity index (χ4v) is 1.01. The van der Waals surface area contributed by atoms with Gasteiger partial charge in [-0.3, -0.25) is 5.10 Å². The van der Waals surface area contributed by atoms with Gasteiger partial charge < -0.3 is 5.11 Å². The highest BCUT2D eigenvalue weighted by Gasteiger charge is 2.13. The van der Waals surface area contributed by atoms with E-state index in [0.29, 0.717) is 5.39 Å². The van der Waals surface area contributed by atoms with Gasteiger partial charge in [-0.05, 0) is 6.07 Å². The fourth-order valence-electron chi connectivity index (χ4n) is 1.01. The zero-order valence-electron chi connectivity index (χ0n) is 5.81. The van der Waals surface area contributed by atoms with Gasteiger partial charge in [0.1, 0.15) is 5.52 Å². The minimum Gasteiger partial charge on any atom is -0.503 e. The number of nitrogens with one attached hydrogen (secondary N) is 1. The van der Waals surface area contributed by atoms with Gasteiger partial charge in [0.15, 0.2) is 17.4 Å². The summed E-state index contributed by atoms with van der Waals surface area (Å²) in [5, 5.41) is 14.9. The van der Waals surface area contributed by atoms with Gasteiger partial charge in [0.25, 0.3) is 0 Å². The molecular weight excluding hydrogens is 166 g/mol. The van der Waals surface area contributed by atoms with Crippen molar-refractivity contribution in [2.24, 2.45) is 0 Å². The molecule has 0 fully saturated rings. The third kappa shape index (κ3) is 0.761. The first-order chi connectivity index (χ1) is 5.70. The third-order valence-corrected chi connectivity index (χ3v) is 1.60. The average molecular weight is 170 g/mol. The largest absolute Gasteiger partial charge is 0.503 e. The van der Waals surface area contributed by atoms with E-state index in [4.69, 9.17) is 5.11 Å². The van der Waals surface area contributed by atoms with Crippen LogP contribution in [0.4, 0.5) is 8.78 Å². The molecule has 0 radical (unpaired) electrons. The molecule has 0 spiro atoms. The Morgan fingerprint density at radius 3 is 2.92 bits per heavy atom. The topological polar surface area (TPSA) is 48.9 Å². The number of aromatic nitrogens is 2. The molecule has 2 N–H and O–H groups in total. The summed E-state index contributed by atoms with van der Waals surface area (Å²) in [6.07, 6.45) is 1.28. The van der Waals surface area contributed by atoms with Crippen LogP contribution < -0.4 is 0 Å². The highest BCUT2D eigenvalue weighted by atomic mass is 19.1. The second-order valence-electron chi connectivity index (χ2n) is 2.36. The summed E-state index contributed by atoms with van der Waals surface area (Å²) in [5.74, 6) is -2.98. The van der Waals surface area contributed by atoms with Crippen molar-refractivity contribution in [2.75, 3.05) is 0 Å². The molecule has 0 aliphatic rings. The van der Waals surface area contributed by atoms with Gasteiger partial charge in [-0.25, -0.2) is 8.78 Å². The van der Waals surface area contributed by atoms with Crippen molar-refractivity contribution in [1.82, 2.24) is 10.2 Å². The summed E-state index contributed by atoms with van der Waals surface area (Å²) < 4.78 is 25.6. The number of halogens is 2. The molecule has 0 atom stereocenters. The number of benzene rings is 1. The zero-order valence-corrected chi connectivity index (χ0v) is 5.81. The van der Waals surface area contributed by atoms with E-state index in [2.05, 4.69) is 10.2 Å². The predicted octanol–water partition coefficient (Wildman–Crippen LogP) is 1.55. The van der Waals surface area contributed by atoms with Gasteiger partial charge in [0, 0.05) is 5.39 Å². The second kappa shape index (κ2) is 2.17. The maximum Gasteiger partial charge on any atom is 0.193 e. The minimum atomic E-state index is -1.01. The number of H-pyrrole nitrogens is 1. The molecule has 0 amide bonds. The number of hydrogen-bond donors (Lipinski definition) is 2. The lowest BCUT2D eigenvalue weighted by Gasteiger charge is -1.96. The van der Waals surface area contributed by atoms with E-state index in [1.807, 2.05) is 0 Å². The van der Waals surface area contributed by atoms with E-state index >= 15 is 0 Å². The Balaban J connectivity index is 2.94. The SMILES string of the molecule is Oc1c(F)cc2cn[nH]c2c1F. The maximum absolute atomic E-state index is 12.9. The number of nitrogens with zero attached hydrogens (tertiary/aromatic N) is 1. The monoisotopic (exact) mass is 170 g/mol. The van der Waals surface area contributed by atoms with Crippen molar-refractivity contribution in [3.8, 4) is 5.75 Å². The number of phenolic OH excluding ortho intramolecular Hbond substituents is 1. The lowest BCUT2D eigenvalue weighted by molar-refractivity contribution is 0.399. The molecule has 0 saturated heterocycles.